The van der Waals surface area contributed by atoms with Crippen LogP contribution in [-0.2, 0) is 9.53 Å². The molecule has 0 aliphatic rings. The molecule has 0 N–H and O–H groups in total. The summed E-state index contributed by atoms with van der Waals surface area (Å²) in [6.07, 6.45) is 9.06. The Labute approximate surface area is 73.9 Å². The van der Waals surface area contributed by atoms with Gasteiger partial charge in [0.05, 0.1) is 6.61 Å². The summed E-state index contributed by atoms with van der Waals surface area (Å²) in [6, 6.07) is 0. The van der Waals surface area contributed by atoms with E-state index >= 15 is 0 Å². The summed E-state index contributed by atoms with van der Waals surface area (Å²) < 4.78 is 4.86. The quantitative estimate of drug-likeness (QED) is 0.358. The van der Waals surface area contributed by atoms with Crippen LogP contribution >= 0.6 is 0 Å². The third kappa shape index (κ3) is 7.06. The zero-order valence-corrected chi connectivity index (χ0v) is 7.75. The molecule has 0 saturated carbocycles. The molecule has 0 spiro atoms. The Bertz CT molecular complexity index is 169. The van der Waals surface area contributed by atoms with Gasteiger partial charge in [-0.3, -0.25) is 4.79 Å². The van der Waals surface area contributed by atoms with Crippen molar-refractivity contribution in [1.82, 2.24) is 0 Å². The van der Waals surface area contributed by atoms with Gasteiger partial charge in [0.2, 0.25) is 0 Å². The third-order valence-electron chi connectivity index (χ3n) is 1.28. The van der Waals surface area contributed by atoms with E-state index in [1.54, 1.807) is 6.92 Å². The summed E-state index contributed by atoms with van der Waals surface area (Å²) in [6.45, 7) is 4.24. The van der Waals surface area contributed by atoms with Crippen molar-refractivity contribution in [3.8, 4) is 0 Å². The second-order valence-electron chi connectivity index (χ2n) is 2.32. The summed E-state index contributed by atoms with van der Waals surface area (Å²) in [5.41, 5.74) is 0. The van der Waals surface area contributed by atoms with Crippen molar-refractivity contribution in [2.24, 2.45) is 0 Å². The van der Waals surface area contributed by atoms with Gasteiger partial charge in [-0.05, 0) is 13.3 Å². The van der Waals surface area contributed by atoms with E-state index < -0.39 is 0 Å². The summed E-state index contributed by atoms with van der Waals surface area (Å²) in [4.78, 5) is 10.6. The lowest BCUT2D eigenvalue weighted by atomic mass is 10.4. The normalized spacial score (nSPS) is 11.2. The van der Waals surface area contributed by atoms with E-state index in [0.717, 1.165) is 6.42 Å². The van der Waals surface area contributed by atoms with Crippen LogP contribution in [0.4, 0.5) is 0 Å². The zero-order valence-electron chi connectivity index (χ0n) is 7.75. The summed E-state index contributed by atoms with van der Waals surface area (Å²) in [7, 11) is 0. The van der Waals surface area contributed by atoms with Crippen molar-refractivity contribution in [1.29, 1.82) is 0 Å². The number of rotatable bonds is 5. The van der Waals surface area contributed by atoms with E-state index in [1.165, 1.54) is 0 Å². The van der Waals surface area contributed by atoms with Gasteiger partial charge >= 0.3 is 5.97 Å². The molecule has 2 heteroatoms. The van der Waals surface area contributed by atoms with Crippen molar-refractivity contribution < 1.29 is 9.53 Å². The van der Waals surface area contributed by atoms with E-state index in [0.29, 0.717) is 13.0 Å². The average Bonchev–Trinajstić information content (AvgIpc) is 2.10. The standard InChI is InChI=1S/C10H16O2/c1-3-5-6-7-8-9-12-10(11)4-2/h3,5-7H,4,8-9H2,1-2H3. The molecule has 12 heavy (non-hydrogen) atoms. The minimum Gasteiger partial charge on any atom is -0.465 e. The first kappa shape index (κ1) is 11.0. The van der Waals surface area contributed by atoms with E-state index in [1.807, 2.05) is 31.2 Å². The molecule has 0 aromatic rings. The molecule has 2 nitrogen and oxygen atoms in total. The average molecular weight is 168 g/mol. The molecule has 0 aliphatic heterocycles. The molecule has 0 amide bonds. The van der Waals surface area contributed by atoms with Gasteiger partial charge in [0.15, 0.2) is 0 Å². The van der Waals surface area contributed by atoms with Crippen LogP contribution in [-0.4, -0.2) is 12.6 Å². The van der Waals surface area contributed by atoms with Crippen molar-refractivity contribution in [3.63, 3.8) is 0 Å². The highest BCUT2D eigenvalue weighted by Gasteiger charge is 1.94. The Hall–Kier alpha value is -1.05. The molecule has 0 unspecified atom stereocenters. The highest BCUT2D eigenvalue weighted by atomic mass is 16.5. The number of hydrogen-bond acceptors (Lipinski definition) is 2. The first-order valence-corrected chi connectivity index (χ1v) is 4.24. The Morgan fingerprint density at radius 1 is 1.42 bits per heavy atom. The van der Waals surface area contributed by atoms with Crippen LogP contribution in [0.25, 0.3) is 0 Å². The third-order valence-corrected chi connectivity index (χ3v) is 1.28. The Balaban J connectivity index is 3.26. The Morgan fingerprint density at radius 3 is 2.75 bits per heavy atom. The molecular weight excluding hydrogens is 152 g/mol. The van der Waals surface area contributed by atoms with E-state index in [9.17, 15) is 4.79 Å². The fraction of sp³-hybridized carbons (Fsp3) is 0.500. The van der Waals surface area contributed by atoms with E-state index in [4.69, 9.17) is 4.74 Å². The molecular formula is C10H16O2. The second kappa shape index (κ2) is 8.05. The predicted molar refractivity (Wildman–Crippen MR) is 49.8 cm³/mol. The minimum absolute atomic E-state index is 0.130. The van der Waals surface area contributed by atoms with Crippen molar-refractivity contribution >= 4 is 5.97 Å². The predicted octanol–water partition coefficient (Wildman–Crippen LogP) is 2.46. The molecule has 0 atom stereocenters. The van der Waals surface area contributed by atoms with Gasteiger partial charge in [-0.25, -0.2) is 0 Å². The maximum atomic E-state index is 10.6. The van der Waals surface area contributed by atoms with Crippen LogP contribution in [0, 0.1) is 0 Å². The fourth-order valence-corrected chi connectivity index (χ4v) is 0.629. The van der Waals surface area contributed by atoms with Gasteiger partial charge in [0, 0.05) is 6.42 Å². The number of carbonyl (C=O) groups is 1. The van der Waals surface area contributed by atoms with Crippen LogP contribution in [0.5, 0.6) is 0 Å². The first-order valence-electron chi connectivity index (χ1n) is 4.24. The fourth-order valence-electron chi connectivity index (χ4n) is 0.629. The lowest BCUT2D eigenvalue weighted by molar-refractivity contribution is -0.143. The van der Waals surface area contributed by atoms with Crippen LogP contribution in [0.15, 0.2) is 24.3 Å². The highest BCUT2D eigenvalue weighted by molar-refractivity contribution is 5.68. The van der Waals surface area contributed by atoms with Gasteiger partial charge in [-0.2, -0.15) is 0 Å². The van der Waals surface area contributed by atoms with Crippen LogP contribution in [0.3, 0.4) is 0 Å². The van der Waals surface area contributed by atoms with Crippen LogP contribution < -0.4 is 0 Å². The Morgan fingerprint density at radius 2 is 2.17 bits per heavy atom. The lowest BCUT2D eigenvalue weighted by Gasteiger charge is -1.98. The molecule has 0 heterocycles. The molecule has 0 fully saturated rings. The molecule has 68 valence electrons. The van der Waals surface area contributed by atoms with Crippen molar-refractivity contribution in [3.05, 3.63) is 24.3 Å². The number of esters is 1. The minimum atomic E-state index is -0.130. The molecule has 0 aliphatic carbocycles. The molecule has 0 saturated heterocycles. The van der Waals surface area contributed by atoms with Gasteiger partial charge in [-0.15, -0.1) is 0 Å². The molecule has 0 radical (unpaired) electrons. The summed E-state index contributed by atoms with van der Waals surface area (Å²) >= 11 is 0. The monoisotopic (exact) mass is 168 g/mol. The molecule has 0 bridgehead atoms. The number of allylic oxidation sites excluding steroid dienone is 3. The molecule has 0 aromatic heterocycles. The first-order chi connectivity index (χ1) is 5.81. The smallest absolute Gasteiger partial charge is 0.305 e. The SMILES string of the molecule is CC=CC=CCCOC(=O)CC. The molecule has 0 aromatic carbocycles. The van der Waals surface area contributed by atoms with E-state index in [-0.39, 0.29) is 5.97 Å². The maximum absolute atomic E-state index is 10.6. The largest absolute Gasteiger partial charge is 0.465 e. The van der Waals surface area contributed by atoms with Crippen molar-refractivity contribution in [2.75, 3.05) is 6.61 Å². The zero-order chi connectivity index (χ0) is 9.23. The van der Waals surface area contributed by atoms with Crippen molar-refractivity contribution in [2.45, 2.75) is 26.7 Å². The summed E-state index contributed by atoms with van der Waals surface area (Å²) in [5, 5.41) is 0. The second-order valence-corrected chi connectivity index (χ2v) is 2.32. The van der Waals surface area contributed by atoms with Gasteiger partial charge < -0.3 is 4.74 Å². The topological polar surface area (TPSA) is 26.3 Å². The summed E-state index contributed by atoms with van der Waals surface area (Å²) in [5.74, 6) is -0.130. The Kier molecular flexibility index (Phi) is 7.35. The number of carbonyl (C=O) groups excluding carboxylic acids is 1. The van der Waals surface area contributed by atoms with Crippen LogP contribution in [0.1, 0.15) is 26.7 Å². The van der Waals surface area contributed by atoms with Gasteiger partial charge in [0.1, 0.15) is 0 Å². The van der Waals surface area contributed by atoms with Gasteiger partial charge in [0.25, 0.3) is 0 Å². The van der Waals surface area contributed by atoms with Gasteiger partial charge in [-0.1, -0.05) is 31.2 Å². The molecule has 0 rings (SSSR count). The highest BCUT2D eigenvalue weighted by Crippen LogP contribution is 1.89. The lowest BCUT2D eigenvalue weighted by Crippen LogP contribution is -2.02. The van der Waals surface area contributed by atoms with E-state index in [2.05, 4.69) is 0 Å². The number of ether oxygens (including phenoxy) is 1. The van der Waals surface area contributed by atoms with Crippen LogP contribution in [0.2, 0.25) is 0 Å². The number of hydrogen-bond donors (Lipinski definition) is 0. The maximum Gasteiger partial charge on any atom is 0.305 e.